The molecule has 0 N–H and O–H groups in total. The van der Waals surface area contributed by atoms with E-state index in [1.165, 1.54) is 5.56 Å². The number of hydrogen-bond acceptors (Lipinski definition) is 4. The van der Waals surface area contributed by atoms with E-state index in [2.05, 4.69) is 68.8 Å². The van der Waals surface area contributed by atoms with E-state index < -0.39 is 0 Å². The standard InChI is InChI=1S/C18H17BrN4/c1-18(2,3)12-10-13(16-20-6-4-7-21-16)15(19)14(11-12)17-22-8-5-9-23-17/h4-11H,1-3H3. The zero-order valence-electron chi connectivity index (χ0n) is 13.3. The van der Waals surface area contributed by atoms with Gasteiger partial charge in [-0.05, 0) is 51.2 Å². The van der Waals surface area contributed by atoms with Crippen molar-refractivity contribution in [3.63, 3.8) is 0 Å². The summed E-state index contributed by atoms with van der Waals surface area (Å²) in [4.78, 5) is 17.5. The van der Waals surface area contributed by atoms with Crippen LogP contribution in [0, 0.1) is 0 Å². The molecular weight excluding hydrogens is 352 g/mol. The zero-order valence-corrected chi connectivity index (χ0v) is 14.9. The molecule has 3 aromatic rings. The molecule has 0 aliphatic carbocycles. The predicted molar refractivity (Wildman–Crippen MR) is 94.9 cm³/mol. The molecule has 0 amide bonds. The largest absolute Gasteiger partial charge is 0.237 e. The minimum absolute atomic E-state index is 0.00619. The highest BCUT2D eigenvalue weighted by molar-refractivity contribution is 9.10. The van der Waals surface area contributed by atoms with Crippen LogP contribution in [0.5, 0.6) is 0 Å². The lowest BCUT2D eigenvalue weighted by Gasteiger charge is -2.22. The Balaban J connectivity index is 2.28. The molecule has 0 bridgehead atoms. The van der Waals surface area contributed by atoms with E-state index in [0.717, 1.165) is 15.6 Å². The Bertz CT molecular complexity index is 751. The Kier molecular flexibility index (Phi) is 4.22. The number of aromatic nitrogens is 4. The first-order chi connectivity index (χ1) is 11.0. The van der Waals surface area contributed by atoms with Gasteiger partial charge in [-0.15, -0.1) is 0 Å². The molecule has 0 aliphatic heterocycles. The summed E-state index contributed by atoms with van der Waals surface area (Å²) >= 11 is 3.70. The molecule has 0 unspecified atom stereocenters. The highest BCUT2D eigenvalue weighted by atomic mass is 79.9. The van der Waals surface area contributed by atoms with Gasteiger partial charge in [0.15, 0.2) is 11.6 Å². The van der Waals surface area contributed by atoms with Crippen LogP contribution in [0.4, 0.5) is 0 Å². The second-order valence-corrected chi connectivity index (χ2v) is 7.07. The predicted octanol–water partition coefficient (Wildman–Crippen LogP) is 4.66. The van der Waals surface area contributed by atoms with Crippen molar-refractivity contribution in [2.45, 2.75) is 26.2 Å². The van der Waals surface area contributed by atoms with E-state index in [9.17, 15) is 0 Å². The second-order valence-electron chi connectivity index (χ2n) is 6.28. The van der Waals surface area contributed by atoms with Crippen LogP contribution in [0.25, 0.3) is 22.8 Å². The molecule has 116 valence electrons. The van der Waals surface area contributed by atoms with E-state index in [1.54, 1.807) is 24.8 Å². The molecule has 4 nitrogen and oxygen atoms in total. The molecule has 0 radical (unpaired) electrons. The first-order valence-electron chi connectivity index (χ1n) is 7.35. The monoisotopic (exact) mass is 368 g/mol. The van der Waals surface area contributed by atoms with Gasteiger partial charge in [0.2, 0.25) is 0 Å². The molecule has 2 aromatic heterocycles. The van der Waals surface area contributed by atoms with E-state index >= 15 is 0 Å². The molecule has 0 aliphatic rings. The van der Waals surface area contributed by atoms with Crippen LogP contribution in [0.2, 0.25) is 0 Å². The number of halogens is 1. The molecular formula is C18H17BrN4. The van der Waals surface area contributed by atoms with Crippen LogP contribution in [0.3, 0.4) is 0 Å². The van der Waals surface area contributed by atoms with Crippen molar-refractivity contribution in [3.05, 3.63) is 59.1 Å². The molecule has 0 saturated carbocycles. The van der Waals surface area contributed by atoms with Crippen molar-refractivity contribution in [2.24, 2.45) is 0 Å². The highest BCUT2D eigenvalue weighted by Gasteiger charge is 2.21. The lowest BCUT2D eigenvalue weighted by molar-refractivity contribution is 0.590. The van der Waals surface area contributed by atoms with Gasteiger partial charge in [-0.2, -0.15) is 0 Å². The first-order valence-corrected chi connectivity index (χ1v) is 8.15. The van der Waals surface area contributed by atoms with Crippen LogP contribution in [0.15, 0.2) is 53.5 Å². The Morgan fingerprint density at radius 1 is 0.739 bits per heavy atom. The van der Waals surface area contributed by atoms with Gasteiger partial charge in [-0.25, -0.2) is 19.9 Å². The van der Waals surface area contributed by atoms with Crippen LogP contribution in [0.1, 0.15) is 26.3 Å². The molecule has 23 heavy (non-hydrogen) atoms. The summed E-state index contributed by atoms with van der Waals surface area (Å²) in [5, 5.41) is 0. The van der Waals surface area contributed by atoms with Crippen molar-refractivity contribution in [3.8, 4) is 22.8 Å². The van der Waals surface area contributed by atoms with Gasteiger partial charge in [0, 0.05) is 40.4 Å². The summed E-state index contributed by atoms with van der Waals surface area (Å²) in [6.07, 6.45) is 6.99. The summed E-state index contributed by atoms with van der Waals surface area (Å²) < 4.78 is 0.905. The van der Waals surface area contributed by atoms with Crippen molar-refractivity contribution in [1.82, 2.24) is 19.9 Å². The number of nitrogens with zero attached hydrogens (tertiary/aromatic N) is 4. The maximum Gasteiger partial charge on any atom is 0.160 e. The minimum Gasteiger partial charge on any atom is -0.237 e. The van der Waals surface area contributed by atoms with Crippen molar-refractivity contribution < 1.29 is 0 Å². The SMILES string of the molecule is CC(C)(C)c1cc(-c2ncccn2)c(Br)c(-c2ncccn2)c1. The van der Waals surface area contributed by atoms with Gasteiger partial charge < -0.3 is 0 Å². The smallest absolute Gasteiger partial charge is 0.160 e. The molecule has 1 aromatic carbocycles. The van der Waals surface area contributed by atoms with Gasteiger partial charge in [0.1, 0.15) is 0 Å². The third kappa shape index (κ3) is 3.29. The average Bonchev–Trinajstić information content (AvgIpc) is 2.55. The fourth-order valence-electron chi connectivity index (χ4n) is 2.26. The quantitative estimate of drug-likeness (QED) is 0.659. The number of benzene rings is 1. The molecule has 0 atom stereocenters. The summed E-state index contributed by atoms with van der Waals surface area (Å²) in [6.45, 7) is 6.55. The van der Waals surface area contributed by atoms with Gasteiger partial charge in [0.25, 0.3) is 0 Å². The minimum atomic E-state index is -0.00619. The van der Waals surface area contributed by atoms with Gasteiger partial charge in [-0.3, -0.25) is 0 Å². The van der Waals surface area contributed by atoms with Crippen molar-refractivity contribution in [2.75, 3.05) is 0 Å². The van der Waals surface area contributed by atoms with Crippen molar-refractivity contribution >= 4 is 15.9 Å². The fourth-order valence-corrected chi connectivity index (χ4v) is 2.84. The van der Waals surface area contributed by atoms with Gasteiger partial charge >= 0.3 is 0 Å². The lowest BCUT2D eigenvalue weighted by Crippen LogP contribution is -2.12. The van der Waals surface area contributed by atoms with E-state index in [4.69, 9.17) is 0 Å². The Morgan fingerprint density at radius 3 is 1.48 bits per heavy atom. The van der Waals surface area contributed by atoms with E-state index in [0.29, 0.717) is 11.6 Å². The van der Waals surface area contributed by atoms with E-state index in [-0.39, 0.29) is 5.41 Å². The fraction of sp³-hybridized carbons (Fsp3) is 0.222. The van der Waals surface area contributed by atoms with Crippen LogP contribution >= 0.6 is 15.9 Å². The van der Waals surface area contributed by atoms with E-state index in [1.807, 2.05) is 12.1 Å². The Labute approximate surface area is 144 Å². The third-order valence-electron chi connectivity index (χ3n) is 3.55. The average molecular weight is 369 g/mol. The summed E-state index contributed by atoms with van der Waals surface area (Å²) in [5.74, 6) is 1.37. The van der Waals surface area contributed by atoms with Crippen LogP contribution < -0.4 is 0 Å². The number of rotatable bonds is 2. The third-order valence-corrected chi connectivity index (χ3v) is 4.41. The molecule has 3 rings (SSSR count). The van der Waals surface area contributed by atoms with Crippen molar-refractivity contribution in [1.29, 1.82) is 0 Å². The molecule has 0 saturated heterocycles. The summed E-state index contributed by atoms with van der Waals surface area (Å²) in [7, 11) is 0. The highest BCUT2D eigenvalue weighted by Crippen LogP contribution is 2.38. The molecule has 0 fully saturated rings. The maximum absolute atomic E-state index is 4.39. The summed E-state index contributed by atoms with van der Waals surface area (Å²) in [5.41, 5.74) is 3.07. The van der Waals surface area contributed by atoms with Gasteiger partial charge in [-0.1, -0.05) is 20.8 Å². The van der Waals surface area contributed by atoms with Crippen LogP contribution in [-0.2, 0) is 5.41 Å². The molecule has 5 heteroatoms. The second kappa shape index (κ2) is 6.16. The Morgan fingerprint density at radius 2 is 1.13 bits per heavy atom. The molecule has 0 spiro atoms. The molecule has 2 heterocycles. The van der Waals surface area contributed by atoms with Gasteiger partial charge in [0.05, 0.1) is 0 Å². The first kappa shape index (κ1) is 15.7. The lowest BCUT2D eigenvalue weighted by atomic mass is 9.85. The summed E-state index contributed by atoms with van der Waals surface area (Å²) in [6, 6.07) is 7.89. The zero-order chi connectivity index (χ0) is 16.4. The normalized spacial score (nSPS) is 11.5. The maximum atomic E-state index is 4.39. The number of hydrogen-bond donors (Lipinski definition) is 0. The Hall–Kier alpha value is -2.14. The van der Waals surface area contributed by atoms with Crippen LogP contribution in [-0.4, -0.2) is 19.9 Å². The topological polar surface area (TPSA) is 51.6 Å².